The third-order valence-corrected chi connectivity index (χ3v) is 9.08. The first-order valence-corrected chi connectivity index (χ1v) is 14.1. The van der Waals surface area contributed by atoms with E-state index in [9.17, 15) is 0 Å². The van der Waals surface area contributed by atoms with Crippen molar-refractivity contribution >= 4 is 64.6 Å². The maximum absolute atomic E-state index is 2.58. The summed E-state index contributed by atoms with van der Waals surface area (Å²) in [6, 6.07) is 26.6. The highest BCUT2D eigenvalue weighted by atomic mass is 14.3. The Bertz CT molecular complexity index is 1920. The predicted octanol–water partition coefficient (Wildman–Crippen LogP) is 10.5. The summed E-state index contributed by atoms with van der Waals surface area (Å²) < 4.78 is 0. The molecule has 0 radical (unpaired) electrons. The lowest BCUT2D eigenvalue weighted by Crippen LogP contribution is -1.91. The molecule has 5 bridgehead atoms. The first-order chi connectivity index (χ1) is 17.8. The van der Waals surface area contributed by atoms with Crippen molar-refractivity contribution in [2.24, 2.45) is 0 Å². The summed E-state index contributed by atoms with van der Waals surface area (Å²) in [5, 5.41) is 17.7. The van der Waals surface area contributed by atoms with Crippen LogP contribution in [0.4, 0.5) is 0 Å². The second-order valence-corrected chi connectivity index (χ2v) is 11.3. The van der Waals surface area contributed by atoms with E-state index in [-0.39, 0.29) is 0 Å². The van der Waals surface area contributed by atoms with Crippen LogP contribution in [0, 0.1) is 0 Å². The summed E-state index contributed by atoms with van der Waals surface area (Å²) in [6.45, 7) is 2.30. The zero-order chi connectivity index (χ0) is 23.8. The molecule has 0 spiro atoms. The van der Waals surface area contributed by atoms with Crippen molar-refractivity contribution in [3.8, 4) is 0 Å². The van der Waals surface area contributed by atoms with Crippen LogP contribution in [-0.4, -0.2) is 0 Å². The average Bonchev–Trinajstić information content (AvgIpc) is 3.40. The Balaban J connectivity index is 1.60. The van der Waals surface area contributed by atoms with Gasteiger partial charge in [-0.1, -0.05) is 86.8 Å². The molecule has 0 unspecified atom stereocenters. The van der Waals surface area contributed by atoms with Crippen LogP contribution in [0.3, 0.4) is 0 Å². The number of rotatable bonds is 3. The molecule has 176 valence electrons. The van der Waals surface area contributed by atoms with E-state index in [2.05, 4.69) is 73.7 Å². The minimum Gasteiger partial charge on any atom is -0.0654 e. The fraction of sp³-hybridized carbons (Fsp3) is 0.278. The van der Waals surface area contributed by atoms with E-state index in [0.717, 1.165) is 0 Å². The molecule has 1 aliphatic rings. The molecule has 0 heteroatoms. The van der Waals surface area contributed by atoms with Gasteiger partial charge < -0.3 is 0 Å². The highest BCUT2D eigenvalue weighted by molar-refractivity contribution is 6.38. The first-order valence-electron chi connectivity index (χ1n) is 14.1. The van der Waals surface area contributed by atoms with Crippen LogP contribution in [0.25, 0.3) is 64.6 Å². The fourth-order valence-electron chi connectivity index (χ4n) is 7.50. The van der Waals surface area contributed by atoms with Crippen LogP contribution < -0.4 is 0 Å². The summed E-state index contributed by atoms with van der Waals surface area (Å²) in [6.07, 6.45) is 11.3. The molecule has 7 aromatic rings. The molecule has 0 saturated carbocycles. The van der Waals surface area contributed by atoms with Crippen molar-refractivity contribution in [3.05, 3.63) is 83.4 Å². The Morgan fingerprint density at radius 2 is 1.19 bits per heavy atom. The Morgan fingerprint density at radius 1 is 0.556 bits per heavy atom. The van der Waals surface area contributed by atoms with Crippen LogP contribution in [0.2, 0.25) is 0 Å². The number of benzene rings is 5. The topological polar surface area (TPSA) is 0 Å². The van der Waals surface area contributed by atoms with Crippen LogP contribution in [0.1, 0.15) is 62.1 Å². The Morgan fingerprint density at radius 3 is 1.92 bits per heavy atom. The van der Waals surface area contributed by atoms with Gasteiger partial charge in [-0.15, -0.1) is 0 Å². The number of fused-ring (bicyclic) bond motifs is 5. The van der Waals surface area contributed by atoms with Crippen molar-refractivity contribution in [1.29, 1.82) is 0 Å². The van der Waals surface area contributed by atoms with Gasteiger partial charge in [-0.3, -0.25) is 0 Å². The largest absolute Gasteiger partial charge is 0.0654 e. The molecular formula is C36H32. The van der Waals surface area contributed by atoms with Gasteiger partial charge >= 0.3 is 0 Å². The van der Waals surface area contributed by atoms with E-state index in [1.54, 1.807) is 5.56 Å². The molecule has 7 aromatic carbocycles. The SMILES string of the molecule is CCCCc1cc2cccc3c4c5c6c(cc4c(c1)c23)c1cc(cc2cccc6c21)CCCCCC5. The van der Waals surface area contributed by atoms with E-state index in [4.69, 9.17) is 0 Å². The lowest BCUT2D eigenvalue weighted by molar-refractivity contribution is 0.643. The van der Waals surface area contributed by atoms with E-state index in [1.165, 1.54) is 134 Å². The molecule has 1 aliphatic carbocycles. The second-order valence-electron chi connectivity index (χ2n) is 11.3. The zero-order valence-electron chi connectivity index (χ0n) is 21.2. The third kappa shape index (κ3) is 2.82. The molecule has 36 heavy (non-hydrogen) atoms. The van der Waals surface area contributed by atoms with Gasteiger partial charge in [-0.05, 0) is 126 Å². The zero-order valence-corrected chi connectivity index (χ0v) is 21.2. The summed E-state index contributed by atoms with van der Waals surface area (Å²) in [4.78, 5) is 0. The standard InChI is InChI=1S/C36H32/c1-2-3-10-22-17-24-12-8-15-26-33(24)29(19-22)31-21-32-30-20-23-11-6-4-5-7-14-28(35(26)31)36(32)27-16-9-13-25(18-23)34(27)30/h8-9,12-13,15-21H,2-7,10-11,14H2,1H3. The molecule has 0 N–H and O–H groups in total. The summed E-state index contributed by atoms with van der Waals surface area (Å²) in [7, 11) is 0. The van der Waals surface area contributed by atoms with E-state index in [0.29, 0.717) is 0 Å². The molecule has 0 amide bonds. The van der Waals surface area contributed by atoms with Gasteiger partial charge in [0.25, 0.3) is 0 Å². The maximum atomic E-state index is 2.58. The maximum Gasteiger partial charge on any atom is -0.00261 e. The smallest absolute Gasteiger partial charge is 0.00261 e. The molecule has 8 rings (SSSR count). The minimum atomic E-state index is 1.17. The summed E-state index contributed by atoms with van der Waals surface area (Å²) >= 11 is 0. The predicted molar refractivity (Wildman–Crippen MR) is 158 cm³/mol. The lowest BCUT2D eigenvalue weighted by Gasteiger charge is -2.10. The molecule has 0 nitrogen and oxygen atoms in total. The van der Waals surface area contributed by atoms with Crippen molar-refractivity contribution in [1.82, 2.24) is 0 Å². The van der Waals surface area contributed by atoms with Crippen molar-refractivity contribution in [3.63, 3.8) is 0 Å². The monoisotopic (exact) mass is 464 g/mol. The average molecular weight is 465 g/mol. The highest BCUT2D eigenvalue weighted by Crippen LogP contribution is 2.48. The van der Waals surface area contributed by atoms with Gasteiger partial charge in [0.05, 0.1) is 0 Å². The molecular weight excluding hydrogens is 432 g/mol. The van der Waals surface area contributed by atoms with Crippen molar-refractivity contribution in [2.75, 3.05) is 0 Å². The number of unbranched alkanes of at least 4 members (excludes halogenated alkanes) is 1. The number of aryl methyl sites for hydroxylation is 3. The highest BCUT2D eigenvalue weighted by Gasteiger charge is 2.22. The summed E-state index contributed by atoms with van der Waals surface area (Å²) in [5.41, 5.74) is 4.61. The number of hydrogen-bond acceptors (Lipinski definition) is 0. The molecule has 0 fully saturated rings. The van der Waals surface area contributed by atoms with E-state index < -0.39 is 0 Å². The van der Waals surface area contributed by atoms with Crippen LogP contribution in [-0.2, 0) is 19.3 Å². The second kappa shape index (κ2) is 7.81. The Hall–Kier alpha value is -3.38. The number of hydrogen-bond donors (Lipinski definition) is 0. The van der Waals surface area contributed by atoms with Crippen LogP contribution >= 0.6 is 0 Å². The van der Waals surface area contributed by atoms with Crippen molar-refractivity contribution < 1.29 is 0 Å². The van der Waals surface area contributed by atoms with Gasteiger partial charge in [0.2, 0.25) is 0 Å². The van der Waals surface area contributed by atoms with Crippen LogP contribution in [0.5, 0.6) is 0 Å². The fourth-order valence-corrected chi connectivity index (χ4v) is 7.50. The first kappa shape index (κ1) is 20.8. The van der Waals surface area contributed by atoms with Gasteiger partial charge in [-0.25, -0.2) is 0 Å². The lowest BCUT2D eigenvalue weighted by atomic mass is 9.93. The Labute approximate surface area is 212 Å². The van der Waals surface area contributed by atoms with Gasteiger partial charge in [0.15, 0.2) is 0 Å². The normalized spacial score (nSPS) is 15.0. The van der Waals surface area contributed by atoms with E-state index in [1.807, 2.05) is 0 Å². The molecule has 0 aromatic heterocycles. The van der Waals surface area contributed by atoms with Crippen molar-refractivity contribution in [2.45, 2.75) is 64.7 Å². The minimum absolute atomic E-state index is 1.17. The van der Waals surface area contributed by atoms with Crippen LogP contribution in [0.15, 0.2) is 66.7 Å². The third-order valence-electron chi connectivity index (χ3n) is 9.08. The Kier molecular flexibility index (Phi) is 4.51. The van der Waals surface area contributed by atoms with Gasteiger partial charge in [0.1, 0.15) is 0 Å². The van der Waals surface area contributed by atoms with Gasteiger partial charge in [0, 0.05) is 0 Å². The van der Waals surface area contributed by atoms with Gasteiger partial charge in [-0.2, -0.15) is 0 Å². The van der Waals surface area contributed by atoms with E-state index >= 15 is 0 Å². The summed E-state index contributed by atoms with van der Waals surface area (Å²) in [5.74, 6) is 0. The molecule has 0 aliphatic heterocycles. The molecule has 0 heterocycles. The molecule has 0 atom stereocenters. The quantitative estimate of drug-likeness (QED) is 0.244. The molecule has 0 saturated heterocycles.